The van der Waals surface area contributed by atoms with Crippen molar-refractivity contribution in [3.63, 3.8) is 0 Å². The minimum atomic E-state index is -0.145. The van der Waals surface area contributed by atoms with Gasteiger partial charge >= 0.3 is 0 Å². The van der Waals surface area contributed by atoms with E-state index in [4.69, 9.17) is 15.2 Å². The highest BCUT2D eigenvalue weighted by Gasteiger charge is 2.40. The molecule has 0 aliphatic heterocycles. The van der Waals surface area contributed by atoms with E-state index in [1.165, 1.54) is 0 Å². The summed E-state index contributed by atoms with van der Waals surface area (Å²) in [5, 5.41) is 2.94. The number of carbonyl (C=O) groups is 1. The van der Waals surface area contributed by atoms with Crippen LogP contribution in [0.2, 0.25) is 0 Å². The van der Waals surface area contributed by atoms with Crippen molar-refractivity contribution >= 4 is 5.91 Å². The lowest BCUT2D eigenvalue weighted by Gasteiger charge is -2.42. The fourth-order valence-corrected chi connectivity index (χ4v) is 2.42. The summed E-state index contributed by atoms with van der Waals surface area (Å²) < 4.78 is 10.8. The number of methoxy groups -OCH3 is 1. The Morgan fingerprint density at radius 2 is 2.25 bits per heavy atom. The topological polar surface area (TPSA) is 73.6 Å². The number of ether oxygens (including phenoxy) is 2. The van der Waals surface area contributed by atoms with Crippen LogP contribution in [-0.4, -0.2) is 37.8 Å². The molecule has 3 unspecified atom stereocenters. The maximum absolute atomic E-state index is 12.2. The van der Waals surface area contributed by atoms with Crippen molar-refractivity contribution < 1.29 is 14.3 Å². The summed E-state index contributed by atoms with van der Waals surface area (Å²) in [5.41, 5.74) is 7.50. The Bertz CT molecular complexity index is 488. The second-order valence-corrected chi connectivity index (χ2v) is 5.08. The molecule has 1 fully saturated rings. The van der Waals surface area contributed by atoms with Crippen molar-refractivity contribution in [3.05, 3.63) is 29.3 Å². The second kappa shape index (κ2) is 6.24. The Morgan fingerprint density at radius 3 is 2.85 bits per heavy atom. The Labute approximate surface area is 119 Å². The first-order valence-electron chi connectivity index (χ1n) is 6.89. The summed E-state index contributed by atoms with van der Waals surface area (Å²) in [4.78, 5) is 12.2. The zero-order chi connectivity index (χ0) is 14.7. The van der Waals surface area contributed by atoms with Crippen molar-refractivity contribution in [2.24, 2.45) is 5.73 Å². The van der Waals surface area contributed by atoms with Crippen molar-refractivity contribution in [1.82, 2.24) is 5.32 Å². The van der Waals surface area contributed by atoms with Crippen LogP contribution in [0.25, 0.3) is 0 Å². The zero-order valence-corrected chi connectivity index (χ0v) is 12.2. The van der Waals surface area contributed by atoms with Crippen LogP contribution >= 0.6 is 0 Å². The number of amides is 1. The quantitative estimate of drug-likeness (QED) is 0.850. The summed E-state index contributed by atoms with van der Waals surface area (Å²) in [7, 11) is 1.59. The summed E-state index contributed by atoms with van der Waals surface area (Å²) in [6.45, 7) is 4.50. The lowest BCUT2D eigenvalue weighted by molar-refractivity contribution is -0.0300. The summed E-state index contributed by atoms with van der Waals surface area (Å²) >= 11 is 0. The van der Waals surface area contributed by atoms with E-state index in [0.29, 0.717) is 17.9 Å². The predicted molar refractivity (Wildman–Crippen MR) is 77.0 cm³/mol. The van der Waals surface area contributed by atoms with Crippen LogP contribution < -0.4 is 15.8 Å². The minimum Gasteiger partial charge on any atom is -0.496 e. The van der Waals surface area contributed by atoms with Crippen molar-refractivity contribution in [2.75, 3.05) is 13.7 Å². The molecule has 1 aromatic rings. The van der Waals surface area contributed by atoms with E-state index in [1.54, 1.807) is 19.2 Å². The minimum absolute atomic E-state index is 0.0197. The molecule has 3 N–H and O–H groups in total. The molecule has 110 valence electrons. The molecule has 5 nitrogen and oxygen atoms in total. The van der Waals surface area contributed by atoms with Crippen LogP contribution in [0.15, 0.2) is 18.2 Å². The Morgan fingerprint density at radius 1 is 1.50 bits per heavy atom. The van der Waals surface area contributed by atoms with Crippen LogP contribution in [0.5, 0.6) is 5.75 Å². The molecule has 5 heteroatoms. The van der Waals surface area contributed by atoms with Gasteiger partial charge in [0.05, 0.1) is 19.3 Å². The van der Waals surface area contributed by atoms with Gasteiger partial charge in [-0.05, 0) is 38.0 Å². The average Bonchev–Trinajstić information content (AvgIpc) is 2.45. The lowest BCUT2D eigenvalue weighted by atomic mass is 9.83. The first-order chi connectivity index (χ1) is 9.56. The predicted octanol–water partition coefficient (Wildman–Crippen LogP) is 1.24. The number of nitrogens with two attached hydrogens (primary N) is 1. The first-order valence-corrected chi connectivity index (χ1v) is 6.89. The fraction of sp³-hybridized carbons (Fsp3) is 0.533. The van der Waals surface area contributed by atoms with Crippen molar-refractivity contribution in [2.45, 2.75) is 38.5 Å². The number of nitrogens with one attached hydrogen (secondary N) is 1. The third-order valence-corrected chi connectivity index (χ3v) is 3.72. The maximum Gasteiger partial charge on any atom is 0.251 e. The highest BCUT2D eigenvalue weighted by atomic mass is 16.5. The highest BCUT2D eigenvalue weighted by Crippen LogP contribution is 2.24. The van der Waals surface area contributed by atoms with E-state index >= 15 is 0 Å². The molecule has 1 aliphatic rings. The second-order valence-electron chi connectivity index (χ2n) is 5.08. The summed E-state index contributed by atoms with van der Waals surface area (Å²) in [6.07, 6.45) is 0.807. The van der Waals surface area contributed by atoms with E-state index in [9.17, 15) is 4.79 Å². The van der Waals surface area contributed by atoms with E-state index in [0.717, 1.165) is 12.0 Å². The van der Waals surface area contributed by atoms with Gasteiger partial charge in [-0.2, -0.15) is 0 Å². The molecule has 2 rings (SSSR count). The number of carbonyl (C=O) groups excluding carboxylic acids is 1. The Kier molecular flexibility index (Phi) is 4.62. The molecule has 0 saturated heterocycles. The van der Waals surface area contributed by atoms with Crippen LogP contribution in [0.1, 0.15) is 29.3 Å². The molecular weight excluding hydrogens is 256 g/mol. The van der Waals surface area contributed by atoms with Gasteiger partial charge < -0.3 is 20.5 Å². The smallest absolute Gasteiger partial charge is 0.251 e. The number of hydrogen-bond acceptors (Lipinski definition) is 4. The van der Waals surface area contributed by atoms with Crippen molar-refractivity contribution in [1.29, 1.82) is 0 Å². The fourth-order valence-electron chi connectivity index (χ4n) is 2.42. The van der Waals surface area contributed by atoms with Crippen molar-refractivity contribution in [3.8, 4) is 5.75 Å². The van der Waals surface area contributed by atoms with Gasteiger partial charge in [0.25, 0.3) is 5.91 Å². The first kappa shape index (κ1) is 14.8. The number of benzene rings is 1. The molecule has 20 heavy (non-hydrogen) atoms. The number of rotatable bonds is 5. The molecular formula is C15H22N2O3. The third kappa shape index (κ3) is 2.94. The van der Waals surface area contributed by atoms with Gasteiger partial charge in [0.1, 0.15) is 5.75 Å². The lowest BCUT2D eigenvalue weighted by Crippen LogP contribution is -2.64. The van der Waals surface area contributed by atoms with Gasteiger partial charge in [-0.25, -0.2) is 0 Å². The van der Waals surface area contributed by atoms with Gasteiger partial charge in [-0.15, -0.1) is 0 Å². The molecule has 1 aliphatic carbocycles. The molecule has 0 radical (unpaired) electrons. The molecule has 0 spiro atoms. The van der Waals surface area contributed by atoms with Crippen LogP contribution in [-0.2, 0) is 4.74 Å². The summed E-state index contributed by atoms with van der Waals surface area (Å²) in [6, 6.07) is 5.24. The van der Waals surface area contributed by atoms with Crippen LogP contribution in [0.3, 0.4) is 0 Å². The maximum atomic E-state index is 12.2. The normalized spacial score (nSPS) is 24.9. The van der Waals surface area contributed by atoms with E-state index in [-0.39, 0.29) is 24.1 Å². The third-order valence-electron chi connectivity index (χ3n) is 3.72. The van der Waals surface area contributed by atoms with E-state index < -0.39 is 0 Å². The van der Waals surface area contributed by atoms with Gasteiger partial charge in [0.15, 0.2) is 0 Å². The van der Waals surface area contributed by atoms with E-state index in [1.807, 2.05) is 19.9 Å². The molecule has 0 aromatic heterocycles. The highest BCUT2D eigenvalue weighted by molar-refractivity contribution is 5.95. The molecule has 3 atom stereocenters. The Hall–Kier alpha value is -1.59. The molecule has 0 bridgehead atoms. The zero-order valence-electron chi connectivity index (χ0n) is 12.2. The molecule has 0 heterocycles. The molecule has 1 amide bonds. The van der Waals surface area contributed by atoms with Gasteiger partial charge in [0, 0.05) is 18.2 Å². The molecule has 1 aromatic carbocycles. The number of hydrogen-bond donors (Lipinski definition) is 2. The standard InChI is InChI=1S/C15H22N2O3/c1-4-20-13-8-11(16)14(13)17-15(18)10-6-5-9(2)12(7-10)19-3/h5-7,11,13-14H,4,8,16H2,1-3H3,(H,17,18). The monoisotopic (exact) mass is 278 g/mol. The van der Waals surface area contributed by atoms with Gasteiger partial charge in [-0.1, -0.05) is 6.07 Å². The van der Waals surface area contributed by atoms with E-state index in [2.05, 4.69) is 5.32 Å². The average molecular weight is 278 g/mol. The van der Waals surface area contributed by atoms with Gasteiger partial charge in [-0.3, -0.25) is 4.79 Å². The molecule has 1 saturated carbocycles. The SMILES string of the molecule is CCOC1CC(N)C1NC(=O)c1ccc(C)c(OC)c1. The van der Waals surface area contributed by atoms with Crippen LogP contribution in [0.4, 0.5) is 0 Å². The Balaban J connectivity index is 2.04. The van der Waals surface area contributed by atoms with Gasteiger partial charge in [0.2, 0.25) is 0 Å². The number of aryl methyl sites for hydroxylation is 1. The van der Waals surface area contributed by atoms with Crippen LogP contribution in [0, 0.1) is 6.92 Å². The summed E-state index contributed by atoms with van der Waals surface area (Å²) in [5.74, 6) is 0.560. The largest absolute Gasteiger partial charge is 0.496 e.